The SMILES string of the molecule is N#Cc1cnc(Nc2cc(F)cc(F)c2F)cn1. The number of nitrogens with one attached hydrogen (secondary N) is 1. The van der Waals surface area contributed by atoms with Crippen LogP contribution in [0.5, 0.6) is 0 Å². The van der Waals surface area contributed by atoms with Gasteiger partial charge in [0.25, 0.3) is 0 Å². The number of halogens is 3. The third kappa shape index (κ3) is 2.38. The van der Waals surface area contributed by atoms with Crippen LogP contribution < -0.4 is 5.32 Å². The first-order chi connectivity index (χ1) is 8.60. The van der Waals surface area contributed by atoms with Gasteiger partial charge in [-0.3, -0.25) is 0 Å². The minimum Gasteiger partial charge on any atom is -0.336 e. The Morgan fingerprint density at radius 3 is 2.50 bits per heavy atom. The van der Waals surface area contributed by atoms with Crippen LogP contribution in [0.25, 0.3) is 0 Å². The highest BCUT2D eigenvalue weighted by atomic mass is 19.2. The third-order valence-electron chi connectivity index (χ3n) is 2.02. The Balaban J connectivity index is 2.31. The molecular formula is C11H5F3N4. The molecule has 0 aliphatic heterocycles. The Hall–Kier alpha value is -2.62. The van der Waals surface area contributed by atoms with Crippen LogP contribution in [0, 0.1) is 28.8 Å². The lowest BCUT2D eigenvalue weighted by Gasteiger charge is -2.06. The topological polar surface area (TPSA) is 61.6 Å². The predicted octanol–water partition coefficient (Wildman–Crippen LogP) is 2.51. The molecular weight excluding hydrogens is 245 g/mol. The van der Waals surface area contributed by atoms with Crippen molar-refractivity contribution in [3.63, 3.8) is 0 Å². The minimum absolute atomic E-state index is 0.0675. The summed E-state index contributed by atoms with van der Waals surface area (Å²) in [6, 6.07) is 2.98. The van der Waals surface area contributed by atoms with E-state index >= 15 is 0 Å². The molecule has 18 heavy (non-hydrogen) atoms. The minimum atomic E-state index is -1.31. The number of nitriles is 1. The maximum atomic E-state index is 13.3. The quantitative estimate of drug-likeness (QED) is 0.832. The van der Waals surface area contributed by atoms with E-state index < -0.39 is 23.1 Å². The molecule has 4 nitrogen and oxygen atoms in total. The van der Waals surface area contributed by atoms with Gasteiger partial charge in [-0.15, -0.1) is 0 Å². The van der Waals surface area contributed by atoms with E-state index in [0.717, 1.165) is 18.5 Å². The molecule has 1 aromatic carbocycles. The van der Waals surface area contributed by atoms with Gasteiger partial charge in [0.1, 0.15) is 17.7 Å². The normalized spacial score (nSPS) is 9.89. The fourth-order valence-corrected chi connectivity index (χ4v) is 1.24. The van der Waals surface area contributed by atoms with Crippen molar-refractivity contribution < 1.29 is 13.2 Å². The van der Waals surface area contributed by atoms with Gasteiger partial charge in [-0.05, 0) is 0 Å². The second-order valence-electron chi connectivity index (χ2n) is 3.27. The molecule has 0 aliphatic carbocycles. The number of aromatic nitrogens is 2. The highest BCUT2D eigenvalue weighted by molar-refractivity contribution is 5.56. The first-order valence-corrected chi connectivity index (χ1v) is 4.74. The van der Waals surface area contributed by atoms with Gasteiger partial charge in [-0.1, -0.05) is 0 Å². The number of anilines is 2. The Morgan fingerprint density at radius 1 is 1.11 bits per heavy atom. The third-order valence-corrected chi connectivity index (χ3v) is 2.02. The van der Waals surface area contributed by atoms with Crippen molar-refractivity contribution in [1.29, 1.82) is 5.26 Å². The van der Waals surface area contributed by atoms with Crippen molar-refractivity contribution in [2.45, 2.75) is 0 Å². The van der Waals surface area contributed by atoms with E-state index in [9.17, 15) is 13.2 Å². The van der Waals surface area contributed by atoms with E-state index in [-0.39, 0.29) is 11.5 Å². The van der Waals surface area contributed by atoms with Crippen molar-refractivity contribution >= 4 is 11.5 Å². The summed E-state index contributed by atoms with van der Waals surface area (Å²) in [5.41, 5.74) is -0.321. The fraction of sp³-hybridized carbons (Fsp3) is 0. The van der Waals surface area contributed by atoms with Crippen molar-refractivity contribution in [2.24, 2.45) is 0 Å². The van der Waals surface area contributed by atoms with E-state index in [1.54, 1.807) is 6.07 Å². The lowest BCUT2D eigenvalue weighted by Crippen LogP contribution is -2.00. The van der Waals surface area contributed by atoms with Gasteiger partial charge in [-0.2, -0.15) is 5.26 Å². The average molecular weight is 250 g/mol. The number of hydrogen-bond donors (Lipinski definition) is 1. The second-order valence-corrected chi connectivity index (χ2v) is 3.27. The summed E-state index contributed by atoms with van der Waals surface area (Å²) >= 11 is 0. The zero-order chi connectivity index (χ0) is 13.1. The lowest BCUT2D eigenvalue weighted by atomic mass is 10.3. The molecule has 0 amide bonds. The number of nitrogens with zero attached hydrogens (tertiary/aromatic N) is 3. The lowest BCUT2D eigenvalue weighted by molar-refractivity contribution is 0.498. The average Bonchev–Trinajstić information content (AvgIpc) is 2.36. The van der Waals surface area contributed by atoms with E-state index in [1.165, 1.54) is 0 Å². The van der Waals surface area contributed by atoms with Crippen molar-refractivity contribution in [1.82, 2.24) is 9.97 Å². The van der Waals surface area contributed by atoms with Crippen LogP contribution in [0.3, 0.4) is 0 Å². The summed E-state index contributed by atoms with van der Waals surface area (Å²) in [6.07, 6.45) is 2.30. The van der Waals surface area contributed by atoms with Gasteiger partial charge in [0.05, 0.1) is 18.1 Å². The summed E-state index contributed by atoms with van der Waals surface area (Å²) in [5.74, 6) is -3.38. The summed E-state index contributed by atoms with van der Waals surface area (Å²) in [6.45, 7) is 0. The summed E-state index contributed by atoms with van der Waals surface area (Å²) in [7, 11) is 0. The largest absolute Gasteiger partial charge is 0.336 e. The molecule has 1 aromatic heterocycles. The number of hydrogen-bond acceptors (Lipinski definition) is 4. The summed E-state index contributed by atoms with van der Waals surface area (Å²) in [5, 5.41) is 10.9. The molecule has 0 saturated carbocycles. The van der Waals surface area contributed by atoms with Crippen LogP contribution in [0.15, 0.2) is 24.5 Å². The molecule has 0 unspecified atom stereocenters. The Labute approximate surface area is 99.7 Å². The fourth-order valence-electron chi connectivity index (χ4n) is 1.24. The van der Waals surface area contributed by atoms with E-state index in [2.05, 4.69) is 15.3 Å². The maximum Gasteiger partial charge on any atom is 0.182 e. The molecule has 7 heteroatoms. The first-order valence-electron chi connectivity index (χ1n) is 4.74. The number of rotatable bonds is 2. The van der Waals surface area contributed by atoms with Gasteiger partial charge < -0.3 is 5.32 Å². The van der Waals surface area contributed by atoms with Crippen LogP contribution in [-0.2, 0) is 0 Å². The van der Waals surface area contributed by atoms with E-state index in [4.69, 9.17) is 5.26 Å². The highest BCUT2D eigenvalue weighted by Crippen LogP contribution is 2.21. The zero-order valence-electron chi connectivity index (χ0n) is 8.78. The molecule has 0 bridgehead atoms. The molecule has 0 radical (unpaired) electrons. The van der Waals surface area contributed by atoms with E-state index in [0.29, 0.717) is 6.07 Å². The Bertz CT molecular complexity index is 619. The van der Waals surface area contributed by atoms with Crippen LogP contribution in [-0.4, -0.2) is 9.97 Å². The molecule has 2 aromatic rings. The molecule has 0 atom stereocenters. The molecule has 0 fully saturated rings. The Kier molecular flexibility index (Phi) is 3.10. The van der Waals surface area contributed by atoms with Gasteiger partial charge in [0.15, 0.2) is 17.3 Å². The maximum absolute atomic E-state index is 13.3. The van der Waals surface area contributed by atoms with Gasteiger partial charge in [-0.25, -0.2) is 23.1 Å². The van der Waals surface area contributed by atoms with E-state index in [1.807, 2.05) is 0 Å². The molecule has 0 aliphatic rings. The zero-order valence-corrected chi connectivity index (χ0v) is 8.78. The summed E-state index contributed by atoms with van der Waals surface area (Å²) in [4.78, 5) is 7.41. The van der Waals surface area contributed by atoms with Crippen molar-refractivity contribution in [2.75, 3.05) is 5.32 Å². The second kappa shape index (κ2) is 4.71. The standard InChI is InChI=1S/C11H5F3N4/c12-6-1-8(13)11(14)9(2-6)18-10-5-16-7(3-15)4-17-10/h1-2,4-5H,(H,17,18). The van der Waals surface area contributed by atoms with Gasteiger partial charge in [0.2, 0.25) is 0 Å². The molecule has 90 valence electrons. The Morgan fingerprint density at radius 2 is 1.89 bits per heavy atom. The molecule has 0 spiro atoms. The molecule has 1 N–H and O–H groups in total. The first kappa shape index (κ1) is 11.9. The predicted molar refractivity (Wildman–Crippen MR) is 56.3 cm³/mol. The van der Waals surface area contributed by atoms with Crippen LogP contribution in [0.4, 0.5) is 24.7 Å². The van der Waals surface area contributed by atoms with Crippen molar-refractivity contribution in [3.05, 3.63) is 47.7 Å². The van der Waals surface area contributed by atoms with Gasteiger partial charge >= 0.3 is 0 Å². The monoisotopic (exact) mass is 250 g/mol. The van der Waals surface area contributed by atoms with Gasteiger partial charge in [0, 0.05) is 12.1 Å². The molecule has 2 rings (SSSR count). The summed E-state index contributed by atoms with van der Waals surface area (Å²) < 4.78 is 39.1. The highest BCUT2D eigenvalue weighted by Gasteiger charge is 2.11. The smallest absolute Gasteiger partial charge is 0.182 e. The number of benzene rings is 1. The molecule has 0 saturated heterocycles. The molecule has 1 heterocycles. The van der Waals surface area contributed by atoms with Crippen LogP contribution in [0.2, 0.25) is 0 Å². The van der Waals surface area contributed by atoms with Crippen molar-refractivity contribution in [3.8, 4) is 6.07 Å². The van der Waals surface area contributed by atoms with Crippen LogP contribution in [0.1, 0.15) is 5.69 Å². The van der Waals surface area contributed by atoms with Crippen LogP contribution >= 0.6 is 0 Å².